The van der Waals surface area contributed by atoms with Crippen LogP contribution in [0, 0.1) is 0 Å². The van der Waals surface area contributed by atoms with Crippen molar-refractivity contribution in [3.05, 3.63) is 218 Å². The van der Waals surface area contributed by atoms with Gasteiger partial charge in [0, 0.05) is 27.5 Å². The standard InChI is InChI=1S/C58H36N2O/c1-3-14-37(15-4-1)43-31-44(41-27-29-57-53(35-41)51-24-11-12-25-56(51)61-57)33-45(32-43)55-36-54(38-16-5-2-6-17-38)59-58(60-55)42-19-13-18-39(30-42)40-26-28-50-48-22-8-7-20-46(48)47-21-9-10-23-49(47)52(50)34-40/h1-36H. The lowest BCUT2D eigenvalue weighted by molar-refractivity contribution is 0.669. The van der Waals surface area contributed by atoms with E-state index in [9.17, 15) is 0 Å². The molecule has 2 aromatic heterocycles. The molecule has 3 heteroatoms. The number of hydrogen-bond acceptors (Lipinski definition) is 3. The zero-order valence-corrected chi connectivity index (χ0v) is 33.1. The molecule has 284 valence electrons. The summed E-state index contributed by atoms with van der Waals surface area (Å²) < 4.78 is 6.21. The molecular weight excluding hydrogens is 741 g/mol. The van der Waals surface area contributed by atoms with Gasteiger partial charge in [0.05, 0.1) is 11.4 Å². The van der Waals surface area contributed by atoms with Crippen molar-refractivity contribution in [2.24, 2.45) is 0 Å². The number of hydrogen-bond donors (Lipinski definition) is 0. The lowest BCUT2D eigenvalue weighted by Crippen LogP contribution is -1.97. The molecule has 0 spiro atoms. The van der Waals surface area contributed by atoms with Crippen LogP contribution in [0.5, 0.6) is 0 Å². The zero-order valence-electron chi connectivity index (χ0n) is 33.1. The van der Waals surface area contributed by atoms with Crippen molar-refractivity contribution in [2.45, 2.75) is 0 Å². The highest BCUT2D eigenvalue weighted by molar-refractivity contribution is 6.25. The first-order chi connectivity index (χ1) is 30.2. The van der Waals surface area contributed by atoms with E-state index < -0.39 is 0 Å². The van der Waals surface area contributed by atoms with Crippen molar-refractivity contribution in [3.63, 3.8) is 0 Å². The molecule has 0 N–H and O–H groups in total. The number of nitrogens with zero attached hydrogens (tertiary/aromatic N) is 2. The van der Waals surface area contributed by atoms with Gasteiger partial charge in [-0.25, -0.2) is 9.97 Å². The Morgan fingerprint density at radius 1 is 0.230 bits per heavy atom. The summed E-state index contributed by atoms with van der Waals surface area (Å²) in [5.74, 6) is 0.674. The summed E-state index contributed by atoms with van der Waals surface area (Å²) in [6.07, 6.45) is 0. The van der Waals surface area contributed by atoms with Crippen LogP contribution in [-0.2, 0) is 0 Å². The molecule has 0 fully saturated rings. The maximum absolute atomic E-state index is 6.21. The monoisotopic (exact) mass is 776 g/mol. The summed E-state index contributed by atoms with van der Waals surface area (Å²) in [4.78, 5) is 10.6. The summed E-state index contributed by atoms with van der Waals surface area (Å²) >= 11 is 0. The largest absolute Gasteiger partial charge is 0.456 e. The van der Waals surface area contributed by atoms with Crippen LogP contribution in [0.3, 0.4) is 0 Å². The highest BCUT2D eigenvalue weighted by Gasteiger charge is 2.16. The van der Waals surface area contributed by atoms with Gasteiger partial charge in [-0.15, -0.1) is 0 Å². The average Bonchev–Trinajstić information content (AvgIpc) is 3.72. The lowest BCUT2D eigenvalue weighted by Gasteiger charge is -2.14. The topological polar surface area (TPSA) is 38.9 Å². The maximum Gasteiger partial charge on any atom is 0.160 e. The molecule has 12 rings (SSSR count). The number of para-hydroxylation sites is 1. The van der Waals surface area contributed by atoms with E-state index in [0.717, 1.165) is 83.4 Å². The number of benzene rings is 10. The SMILES string of the molecule is c1ccc(-c2cc(-c3ccc4oc5ccccc5c4c3)cc(-c3cc(-c4ccccc4)nc(-c4cccc(-c5ccc6c7ccccc7c7ccccc7c6c5)c4)n3)c2)cc1. The second kappa shape index (κ2) is 14.3. The van der Waals surface area contributed by atoms with Crippen LogP contribution in [0.4, 0.5) is 0 Å². The molecule has 0 bridgehead atoms. The quantitative estimate of drug-likeness (QED) is 0.158. The minimum Gasteiger partial charge on any atom is -0.456 e. The van der Waals surface area contributed by atoms with Crippen LogP contribution >= 0.6 is 0 Å². The second-order valence-corrected chi connectivity index (χ2v) is 15.7. The normalized spacial score (nSPS) is 11.6. The van der Waals surface area contributed by atoms with Gasteiger partial charge in [-0.05, 0) is 120 Å². The van der Waals surface area contributed by atoms with Gasteiger partial charge in [0.1, 0.15) is 11.2 Å². The number of rotatable bonds is 6. The minimum absolute atomic E-state index is 0.674. The fraction of sp³-hybridized carbons (Fsp3) is 0. The van der Waals surface area contributed by atoms with E-state index >= 15 is 0 Å². The molecule has 0 unspecified atom stereocenters. The predicted octanol–water partition coefficient (Wildman–Crippen LogP) is 15.8. The van der Waals surface area contributed by atoms with Crippen molar-refractivity contribution in [1.29, 1.82) is 0 Å². The Bertz CT molecular complexity index is 3610. The van der Waals surface area contributed by atoms with Crippen molar-refractivity contribution in [2.75, 3.05) is 0 Å². The molecular formula is C58H36N2O. The third kappa shape index (κ3) is 6.14. The molecule has 61 heavy (non-hydrogen) atoms. The summed E-state index contributed by atoms with van der Waals surface area (Å²) in [6.45, 7) is 0. The highest BCUT2D eigenvalue weighted by Crippen LogP contribution is 2.40. The van der Waals surface area contributed by atoms with Crippen molar-refractivity contribution in [3.8, 4) is 67.3 Å². The van der Waals surface area contributed by atoms with Gasteiger partial charge in [0.15, 0.2) is 5.82 Å². The fourth-order valence-electron chi connectivity index (χ4n) is 9.05. The van der Waals surface area contributed by atoms with Gasteiger partial charge in [-0.1, -0.05) is 164 Å². The number of aromatic nitrogens is 2. The first-order valence-electron chi connectivity index (χ1n) is 20.7. The van der Waals surface area contributed by atoms with E-state index in [1.165, 1.54) is 32.3 Å². The predicted molar refractivity (Wildman–Crippen MR) is 254 cm³/mol. The second-order valence-electron chi connectivity index (χ2n) is 15.7. The van der Waals surface area contributed by atoms with E-state index in [0.29, 0.717) is 5.82 Å². The molecule has 10 aromatic carbocycles. The Labute approximate surface area is 352 Å². The van der Waals surface area contributed by atoms with Crippen molar-refractivity contribution < 1.29 is 4.42 Å². The Morgan fingerprint density at radius 2 is 0.672 bits per heavy atom. The lowest BCUT2D eigenvalue weighted by atomic mass is 9.92. The van der Waals surface area contributed by atoms with Gasteiger partial charge < -0.3 is 4.42 Å². The number of furan rings is 1. The van der Waals surface area contributed by atoms with Gasteiger partial charge in [0.2, 0.25) is 0 Å². The van der Waals surface area contributed by atoms with Gasteiger partial charge >= 0.3 is 0 Å². The van der Waals surface area contributed by atoms with Crippen LogP contribution in [0.15, 0.2) is 223 Å². The highest BCUT2D eigenvalue weighted by atomic mass is 16.3. The Balaban J connectivity index is 1.02. The molecule has 0 aliphatic carbocycles. The Kier molecular flexibility index (Phi) is 8.17. The molecule has 0 aliphatic heterocycles. The van der Waals surface area contributed by atoms with E-state index in [4.69, 9.17) is 14.4 Å². The molecule has 12 aromatic rings. The molecule has 0 saturated carbocycles. The third-order valence-corrected chi connectivity index (χ3v) is 12.0. The molecule has 0 aliphatic rings. The van der Waals surface area contributed by atoms with Crippen molar-refractivity contribution in [1.82, 2.24) is 9.97 Å². The summed E-state index contributed by atoms with van der Waals surface area (Å²) in [7, 11) is 0. The summed E-state index contributed by atoms with van der Waals surface area (Å²) in [5.41, 5.74) is 13.2. The smallest absolute Gasteiger partial charge is 0.160 e. The van der Waals surface area contributed by atoms with Gasteiger partial charge in [-0.2, -0.15) is 0 Å². The zero-order chi connectivity index (χ0) is 40.3. The molecule has 2 heterocycles. The van der Waals surface area contributed by atoms with Crippen molar-refractivity contribution >= 4 is 54.3 Å². The third-order valence-electron chi connectivity index (χ3n) is 12.0. The Hall–Kier alpha value is -8.14. The fourth-order valence-corrected chi connectivity index (χ4v) is 9.05. The van der Waals surface area contributed by atoms with E-state index in [1.54, 1.807) is 0 Å². The van der Waals surface area contributed by atoms with E-state index in [-0.39, 0.29) is 0 Å². The molecule has 0 atom stereocenters. The molecule has 0 radical (unpaired) electrons. The first-order valence-corrected chi connectivity index (χ1v) is 20.7. The maximum atomic E-state index is 6.21. The summed E-state index contributed by atoms with van der Waals surface area (Å²) in [6, 6.07) is 77.6. The van der Waals surface area contributed by atoms with Crippen LogP contribution in [0.25, 0.3) is 122 Å². The molecule has 0 saturated heterocycles. The van der Waals surface area contributed by atoms with E-state index in [2.05, 4.69) is 200 Å². The molecule has 0 amide bonds. The van der Waals surface area contributed by atoms with Crippen LogP contribution < -0.4 is 0 Å². The average molecular weight is 777 g/mol. The Morgan fingerprint density at radius 3 is 1.39 bits per heavy atom. The first kappa shape index (κ1) is 34.9. The van der Waals surface area contributed by atoms with Crippen LogP contribution in [-0.4, -0.2) is 9.97 Å². The van der Waals surface area contributed by atoms with Gasteiger partial charge in [0.25, 0.3) is 0 Å². The molecule has 3 nitrogen and oxygen atoms in total. The van der Waals surface area contributed by atoms with Crippen LogP contribution in [0.1, 0.15) is 0 Å². The summed E-state index contributed by atoms with van der Waals surface area (Å²) in [5, 5.41) is 9.79. The van der Waals surface area contributed by atoms with Gasteiger partial charge in [-0.3, -0.25) is 0 Å². The van der Waals surface area contributed by atoms with E-state index in [1.807, 2.05) is 18.2 Å². The number of fused-ring (bicyclic) bond motifs is 9. The van der Waals surface area contributed by atoms with Crippen LogP contribution in [0.2, 0.25) is 0 Å². The minimum atomic E-state index is 0.674.